The molecule has 1 aliphatic heterocycles. The number of carboxylic acid groups (broad SMARTS) is 1. The van der Waals surface area contributed by atoms with E-state index in [1.165, 1.54) is 0 Å². The van der Waals surface area contributed by atoms with Crippen molar-refractivity contribution in [3.63, 3.8) is 0 Å². The Morgan fingerprint density at radius 1 is 1.36 bits per heavy atom. The highest BCUT2D eigenvalue weighted by atomic mass is 16.5. The van der Waals surface area contributed by atoms with Crippen LogP contribution in [0.25, 0.3) is 0 Å². The molecular weight excluding hydrogens is 288 g/mol. The van der Waals surface area contributed by atoms with Crippen molar-refractivity contribution in [2.24, 2.45) is 0 Å². The summed E-state index contributed by atoms with van der Waals surface area (Å²) in [6.45, 7) is 2.57. The summed E-state index contributed by atoms with van der Waals surface area (Å²) in [5, 5.41) is 11.2. The average molecular weight is 306 g/mol. The average Bonchev–Trinajstić information content (AvgIpc) is 2.48. The van der Waals surface area contributed by atoms with Gasteiger partial charge in [0.05, 0.1) is 12.1 Å². The molecule has 1 aromatic carbocycles. The smallest absolute Gasteiger partial charge is 0.303 e. The van der Waals surface area contributed by atoms with Crippen molar-refractivity contribution in [3.05, 3.63) is 18.2 Å². The number of carbonyl (C=O) groups is 3. The molecule has 1 aliphatic rings. The number of anilines is 2. The normalized spacial score (nSPS) is 13.3. The second-order valence-electron chi connectivity index (χ2n) is 4.96. The van der Waals surface area contributed by atoms with Crippen molar-refractivity contribution < 1.29 is 24.2 Å². The molecule has 22 heavy (non-hydrogen) atoms. The second-order valence-corrected chi connectivity index (χ2v) is 4.96. The molecule has 7 heteroatoms. The maximum atomic E-state index is 11.8. The lowest BCUT2D eigenvalue weighted by atomic mass is 10.2. The number of aliphatic carboxylic acids is 1. The highest BCUT2D eigenvalue weighted by molar-refractivity contribution is 5.99. The Hall–Kier alpha value is -2.57. The number of carboxylic acids is 1. The Morgan fingerprint density at radius 2 is 2.14 bits per heavy atom. The standard InChI is InChI=1S/C15H18N2O5/c1-2-7-17-11-4-3-10(8-12(11)22-9-14(17)19)16-13(18)5-6-15(20)21/h3-4,8H,2,5-7,9H2,1H3,(H,16,18)(H,20,21). The largest absolute Gasteiger partial charge is 0.481 e. The number of hydrogen-bond donors (Lipinski definition) is 2. The SMILES string of the molecule is CCCN1C(=O)COc2cc(NC(=O)CCC(=O)O)ccc21. The molecule has 2 N–H and O–H groups in total. The predicted molar refractivity (Wildman–Crippen MR) is 80.1 cm³/mol. The first-order chi connectivity index (χ1) is 10.5. The third-order valence-electron chi connectivity index (χ3n) is 3.20. The summed E-state index contributed by atoms with van der Waals surface area (Å²) in [4.78, 5) is 35.6. The monoisotopic (exact) mass is 306 g/mol. The van der Waals surface area contributed by atoms with Crippen LogP contribution in [0.1, 0.15) is 26.2 Å². The molecule has 0 bridgehead atoms. The highest BCUT2D eigenvalue weighted by Gasteiger charge is 2.25. The van der Waals surface area contributed by atoms with Crippen molar-refractivity contribution in [2.75, 3.05) is 23.4 Å². The third-order valence-corrected chi connectivity index (χ3v) is 3.20. The Kier molecular flexibility index (Phi) is 4.98. The van der Waals surface area contributed by atoms with E-state index in [1.54, 1.807) is 23.1 Å². The van der Waals surface area contributed by atoms with Crippen LogP contribution in [0, 0.1) is 0 Å². The first-order valence-electron chi connectivity index (χ1n) is 7.10. The lowest BCUT2D eigenvalue weighted by molar-refractivity contribution is -0.138. The number of carbonyl (C=O) groups excluding carboxylic acids is 2. The number of nitrogens with one attached hydrogen (secondary N) is 1. The topological polar surface area (TPSA) is 95.9 Å². The Bertz CT molecular complexity index is 600. The van der Waals surface area contributed by atoms with Gasteiger partial charge in [-0.25, -0.2) is 0 Å². The maximum Gasteiger partial charge on any atom is 0.303 e. The van der Waals surface area contributed by atoms with Crippen LogP contribution in [0.4, 0.5) is 11.4 Å². The molecule has 0 unspecified atom stereocenters. The van der Waals surface area contributed by atoms with Gasteiger partial charge in [-0.3, -0.25) is 14.4 Å². The van der Waals surface area contributed by atoms with Gasteiger partial charge in [0.1, 0.15) is 5.75 Å². The molecule has 7 nitrogen and oxygen atoms in total. The number of fused-ring (bicyclic) bond motifs is 1. The van der Waals surface area contributed by atoms with E-state index in [1.807, 2.05) is 6.92 Å². The number of amides is 2. The van der Waals surface area contributed by atoms with Gasteiger partial charge in [0, 0.05) is 24.7 Å². The number of ether oxygens (including phenoxy) is 1. The van der Waals surface area contributed by atoms with Crippen LogP contribution in [-0.2, 0) is 14.4 Å². The van der Waals surface area contributed by atoms with Gasteiger partial charge in [0.25, 0.3) is 5.91 Å². The van der Waals surface area contributed by atoms with Gasteiger partial charge in [0.2, 0.25) is 5.91 Å². The summed E-state index contributed by atoms with van der Waals surface area (Å²) >= 11 is 0. The van der Waals surface area contributed by atoms with E-state index < -0.39 is 5.97 Å². The lowest BCUT2D eigenvalue weighted by Crippen LogP contribution is -2.39. The molecule has 0 saturated heterocycles. The first-order valence-corrected chi connectivity index (χ1v) is 7.10. The molecule has 1 heterocycles. The van der Waals surface area contributed by atoms with E-state index in [0.29, 0.717) is 23.7 Å². The van der Waals surface area contributed by atoms with Crippen molar-refractivity contribution >= 4 is 29.2 Å². The molecular formula is C15H18N2O5. The molecule has 0 spiro atoms. The van der Waals surface area contributed by atoms with Gasteiger partial charge in [-0.2, -0.15) is 0 Å². The fourth-order valence-corrected chi connectivity index (χ4v) is 2.19. The Morgan fingerprint density at radius 3 is 2.82 bits per heavy atom. The molecule has 0 aliphatic carbocycles. The van der Waals surface area contributed by atoms with Gasteiger partial charge in [-0.05, 0) is 18.6 Å². The number of benzene rings is 1. The molecule has 0 fully saturated rings. The van der Waals surface area contributed by atoms with E-state index in [4.69, 9.17) is 9.84 Å². The van der Waals surface area contributed by atoms with Crippen LogP contribution in [0.5, 0.6) is 5.75 Å². The maximum absolute atomic E-state index is 11.8. The van der Waals surface area contributed by atoms with Crippen LogP contribution in [0.15, 0.2) is 18.2 Å². The van der Waals surface area contributed by atoms with Gasteiger partial charge in [-0.15, -0.1) is 0 Å². The first kappa shape index (κ1) is 15.8. The van der Waals surface area contributed by atoms with Crippen molar-refractivity contribution in [1.29, 1.82) is 0 Å². The van der Waals surface area contributed by atoms with E-state index >= 15 is 0 Å². The number of hydrogen-bond acceptors (Lipinski definition) is 4. The minimum Gasteiger partial charge on any atom is -0.481 e. The molecule has 0 saturated carbocycles. The second kappa shape index (κ2) is 6.93. The van der Waals surface area contributed by atoms with Crippen molar-refractivity contribution in [3.8, 4) is 5.75 Å². The summed E-state index contributed by atoms with van der Waals surface area (Å²) in [6, 6.07) is 5.03. The zero-order chi connectivity index (χ0) is 16.1. The molecule has 118 valence electrons. The summed E-state index contributed by atoms with van der Waals surface area (Å²) in [5.74, 6) is -0.950. The molecule has 0 atom stereocenters. The summed E-state index contributed by atoms with van der Waals surface area (Å²) in [7, 11) is 0. The summed E-state index contributed by atoms with van der Waals surface area (Å²) < 4.78 is 5.40. The molecule has 1 aromatic rings. The minimum atomic E-state index is -1.02. The van der Waals surface area contributed by atoms with E-state index in [0.717, 1.165) is 6.42 Å². The zero-order valence-corrected chi connectivity index (χ0v) is 12.3. The predicted octanol–water partition coefficient (Wildman–Crippen LogP) is 1.63. The van der Waals surface area contributed by atoms with Gasteiger partial charge in [0.15, 0.2) is 6.61 Å². The summed E-state index contributed by atoms with van der Waals surface area (Å²) in [6.07, 6.45) is 0.526. The molecule has 0 radical (unpaired) electrons. The number of nitrogens with zero attached hydrogens (tertiary/aromatic N) is 1. The number of rotatable bonds is 6. The fraction of sp³-hybridized carbons (Fsp3) is 0.400. The Balaban J connectivity index is 2.09. The van der Waals surface area contributed by atoms with E-state index in [-0.39, 0.29) is 31.3 Å². The lowest BCUT2D eigenvalue weighted by Gasteiger charge is -2.29. The zero-order valence-electron chi connectivity index (χ0n) is 12.3. The minimum absolute atomic E-state index is 0.0244. The van der Waals surface area contributed by atoms with Gasteiger partial charge < -0.3 is 20.1 Å². The fourth-order valence-electron chi connectivity index (χ4n) is 2.19. The van der Waals surface area contributed by atoms with Crippen LogP contribution < -0.4 is 15.0 Å². The van der Waals surface area contributed by atoms with Crippen LogP contribution in [-0.4, -0.2) is 36.0 Å². The van der Waals surface area contributed by atoms with Crippen LogP contribution in [0.3, 0.4) is 0 Å². The van der Waals surface area contributed by atoms with E-state index in [9.17, 15) is 14.4 Å². The third kappa shape index (κ3) is 3.75. The Labute approximate surface area is 127 Å². The quantitative estimate of drug-likeness (QED) is 0.832. The molecule has 0 aromatic heterocycles. The molecule has 2 amide bonds. The van der Waals surface area contributed by atoms with Gasteiger partial charge in [-0.1, -0.05) is 6.92 Å². The van der Waals surface area contributed by atoms with E-state index in [2.05, 4.69) is 5.32 Å². The van der Waals surface area contributed by atoms with Crippen molar-refractivity contribution in [1.82, 2.24) is 0 Å². The van der Waals surface area contributed by atoms with Crippen LogP contribution in [0.2, 0.25) is 0 Å². The van der Waals surface area contributed by atoms with Crippen molar-refractivity contribution in [2.45, 2.75) is 26.2 Å². The highest BCUT2D eigenvalue weighted by Crippen LogP contribution is 2.34. The van der Waals surface area contributed by atoms with Gasteiger partial charge >= 0.3 is 5.97 Å². The van der Waals surface area contributed by atoms with Crippen LogP contribution >= 0.6 is 0 Å². The summed E-state index contributed by atoms with van der Waals surface area (Å²) in [5.41, 5.74) is 1.20. The molecule has 2 rings (SSSR count).